The normalized spacial score (nSPS) is 11.9. The van der Waals surface area contributed by atoms with E-state index in [-0.39, 0.29) is 29.4 Å². The van der Waals surface area contributed by atoms with Crippen molar-refractivity contribution in [2.75, 3.05) is 5.32 Å². The van der Waals surface area contributed by atoms with Crippen LogP contribution >= 0.6 is 11.6 Å². The lowest BCUT2D eigenvalue weighted by atomic mass is 10.2. The van der Waals surface area contributed by atoms with Gasteiger partial charge in [0.1, 0.15) is 22.8 Å². The zero-order chi connectivity index (χ0) is 20.4. The Kier molecular flexibility index (Phi) is 5.35. The summed E-state index contributed by atoms with van der Waals surface area (Å²) >= 11 is 5.95. The average Bonchev–Trinajstić information content (AvgIpc) is 2.90. The molecule has 10 heteroatoms. The van der Waals surface area contributed by atoms with Crippen LogP contribution in [0.1, 0.15) is 12.0 Å². The Morgan fingerprint density at radius 1 is 1.43 bits per heavy atom. The van der Waals surface area contributed by atoms with Gasteiger partial charge in [-0.1, -0.05) is 11.6 Å². The van der Waals surface area contributed by atoms with Crippen molar-refractivity contribution >= 4 is 40.0 Å². The van der Waals surface area contributed by atoms with E-state index >= 15 is 0 Å². The molecule has 2 aromatic heterocycles. The Morgan fingerprint density at radius 2 is 2.18 bits per heavy atom. The maximum Gasteiger partial charge on any atom is 0.328 e. The molecule has 0 radical (unpaired) electrons. The molecular weight excluding hydrogens is 384 g/mol. The number of aryl methyl sites for hydroxylation is 2. The number of fused-ring (bicyclic) bond motifs is 1. The minimum atomic E-state index is -1.12. The molecule has 144 valence electrons. The molecule has 0 fully saturated rings. The average molecular weight is 401 g/mol. The number of hydrogen-bond acceptors (Lipinski definition) is 6. The highest BCUT2D eigenvalue weighted by Crippen LogP contribution is 2.26. The predicted octanol–water partition coefficient (Wildman–Crippen LogP) is 1.81. The monoisotopic (exact) mass is 400 g/mol. The number of nitrogens with zero attached hydrogens (tertiary/aromatic N) is 4. The molecule has 0 aliphatic heterocycles. The molecule has 0 amide bonds. The molecular formula is C18H17ClN6O3. The van der Waals surface area contributed by atoms with E-state index in [1.807, 2.05) is 6.07 Å². The first kappa shape index (κ1) is 19.4. The zero-order valence-electron chi connectivity index (χ0n) is 14.9. The van der Waals surface area contributed by atoms with Crippen LogP contribution in [0.15, 0.2) is 35.3 Å². The lowest BCUT2D eigenvalue weighted by Crippen LogP contribution is -2.33. The molecule has 2 heterocycles. The molecule has 0 saturated heterocycles. The Morgan fingerprint density at radius 3 is 2.86 bits per heavy atom. The highest BCUT2D eigenvalue weighted by molar-refractivity contribution is 6.31. The first-order valence-electron chi connectivity index (χ1n) is 8.32. The van der Waals surface area contributed by atoms with Gasteiger partial charge in [0.15, 0.2) is 0 Å². The summed E-state index contributed by atoms with van der Waals surface area (Å²) in [5.41, 5.74) is 7.93. The van der Waals surface area contributed by atoms with Crippen molar-refractivity contribution in [3.63, 3.8) is 0 Å². The minimum absolute atomic E-state index is 0.0906. The van der Waals surface area contributed by atoms with Crippen molar-refractivity contribution in [3.8, 4) is 6.07 Å². The van der Waals surface area contributed by atoms with E-state index in [0.717, 1.165) is 0 Å². The first-order valence-corrected chi connectivity index (χ1v) is 8.70. The Hall–Kier alpha value is -3.35. The second kappa shape index (κ2) is 7.72. The van der Waals surface area contributed by atoms with Gasteiger partial charge < -0.3 is 16.2 Å². The van der Waals surface area contributed by atoms with Crippen LogP contribution < -0.4 is 16.7 Å². The number of nitrogens with one attached hydrogen (secondary N) is 1. The van der Waals surface area contributed by atoms with Crippen LogP contribution in [0.5, 0.6) is 0 Å². The second-order valence-corrected chi connectivity index (χ2v) is 6.55. The third-order valence-corrected chi connectivity index (χ3v) is 4.71. The van der Waals surface area contributed by atoms with Crippen molar-refractivity contribution in [1.82, 2.24) is 14.1 Å². The molecule has 3 rings (SSSR count). The number of imidazole rings is 1. The number of aliphatic carboxylic acids is 1. The molecule has 3 aromatic rings. The summed E-state index contributed by atoms with van der Waals surface area (Å²) in [5, 5.41) is 21.4. The highest BCUT2D eigenvalue weighted by Gasteiger charge is 2.16. The van der Waals surface area contributed by atoms with Gasteiger partial charge in [0.05, 0.1) is 16.7 Å². The lowest BCUT2D eigenvalue weighted by Gasteiger charge is -2.10. The van der Waals surface area contributed by atoms with Gasteiger partial charge in [-0.25, -0.2) is 9.78 Å². The van der Waals surface area contributed by atoms with Crippen LogP contribution in [-0.4, -0.2) is 31.2 Å². The summed E-state index contributed by atoms with van der Waals surface area (Å²) < 4.78 is 2.96. The van der Waals surface area contributed by atoms with Crippen LogP contribution in [0, 0.1) is 11.3 Å². The SMILES string of the molecule is Cn1c(=O)n(CC[C@H](N)C(=O)O)c2cc(Nc3ccnc(Cl)c3C#N)ccc21. The molecule has 9 nitrogen and oxygen atoms in total. The van der Waals surface area contributed by atoms with Gasteiger partial charge in [-0.15, -0.1) is 0 Å². The van der Waals surface area contributed by atoms with Crippen LogP contribution in [0.25, 0.3) is 11.0 Å². The van der Waals surface area contributed by atoms with Crippen LogP contribution in [0.2, 0.25) is 5.15 Å². The topological polar surface area (TPSA) is 139 Å². The van der Waals surface area contributed by atoms with E-state index in [1.165, 1.54) is 15.3 Å². The number of aromatic nitrogens is 3. The molecule has 0 saturated carbocycles. The minimum Gasteiger partial charge on any atom is -0.480 e. The standard InChI is InChI=1S/C18H17ClN6O3/c1-24-14-3-2-10(23-13-4-6-22-16(19)11(13)9-20)8-15(14)25(18(24)28)7-5-12(21)17(26)27/h2-4,6,8,12H,5,7,21H2,1H3,(H,22,23)(H,26,27)/t12-/m0/s1. The van der Waals surface area contributed by atoms with Crippen LogP contribution in [-0.2, 0) is 18.4 Å². The number of nitrogens with two attached hydrogens (primary N) is 1. The quantitative estimate of drug-likeness (QED) is 0.536. The molecule has 4 N–H and O–H groups in total. The number of carboxylic acid groups (broad SMARTS) is 1. The first-order chi connectivity index (χ1) is 13.3. The fourth-order valence-corrected chi connectivity index (χ4v) is 3.10. The summed E-state index contributed by atoms with van der Waals surface area (Å²) in [6.45, 7) is 0.164. The van der Waals surface area contributed by atoms with Gasteiger partial charge in [0.25, 0.3) is 0 Å². The van der Waals surface area contributed by atoms with E-state index in [4.69, 9.17) is 22.4 Å². The van der Waals surface area contributed by atoms with Crippen molar-refractivity contribution in [3.05, 3.63) is 51.7 Å². The Labute approximate surface area is 164 Å². The summed E-state index contributed by atoms with van der Waals surface area (Å²) in [5.74, 6) is -1.12. The number of pyridine rings is 1. The van der Waals surface area contributed by atoms with Gasteiger partial charge in [-0.05, 0) is 30.7 Å². The van der Waals surface area contributed by atoms with E-state index in [1.54, 1.807) is 31.3 Å². The van der Waals surface area contributed by atoms with Crippen molar-refractivity contribution < 1.29 is 9.90 Å². The van der Waals surface area contributed by atoms with E-state index in [2.05, 4.69) is 10.3 Å². The van der Waals surface area contributed by atoms with Crippen LogP contribution in [0.3, 0.4) is 0 Å². The number of hydrogen-bond donors (Lipinski definition) is 3. The molecule has 0 unspecified atom stereocenters. The summed E-state index contributed by atoms with van der Waals surface area (Å²) in [6, 6.07) is 7.85. The number of nitriles is 1. The van der Waals surface area contributed by atoms with Gasteiger partial charge in [-0.3, -0.25) is 13.9 Å². The Balaban J connectivity index is 2.00. The van der Waals surface area contributed by atoms with E-state index < -0.39 is 12.0 Å². The number of rotatable bonds is 6. The Bertz CT molecular complexity index is 1160. The van der Waals surface area contributed by atoms with Crippen molar-refractivity contribution in [2.45, 2.75) is 19.0 Å². The molecule has 0 bridgehead atoms. The molecule has 0 aliphatic carbocycles. The smallest absolute Gasteiger partial charge is 0.328 e. The van der Waals surface area contributed by atoms with Gasteiger partial charge in [-0.2, -0.15) is 5.26 Å². The molecule has 28 heavy (non-hydrogen) atoms. The number of benzene rings is 1. The third-order valence-electron chi connectivity index (χ3n) is 4.42. The molecule has 0 aliphatic rings. The van der Waals surface area contributed by atoms with Gasteiger partial charge in [0, 0.05) is 25.5 Å². The number of carboxylic acids is 1. The number of halogens is 1. The van der Waals surface area contributed by atoms with Gasteiger partial charge >= 0.3 is 11.7 Å². The summed E-state index contributed by atoms with van der Waals surface area (Å²) in [6.07, 6.45) is 1.60. The largest absolute Gasteiger partial charge is 0.480 e. The third kappa shape index (κ3) is 3.55. The van der Waals surface area contributed by atoms with E-state index in [9.17, 15) is 14.9 Å². The second-order valence-electron chi connectivity index (χ2n) is 6.19. The maximum absolute atomic E-state index is 12.5. The fourth-order valence-electron chi connectivity index (χ4n) is 2.90. The molecule has 0 spiro atoms. The van der Waals surface area contributed by atoms with Gasteiger partial charge in [0.2, 0.25) is 0 Å². The van der Waals surface area contributed by atoms with Crippen LogP contribution in [0.4, 0.5) is 11.4 Å². The fraction of sp³-hybridized carbons (Fsp3) is 0.222. The maximum atomic E-state index is 12.5. The van der Waals surface area contributed by atoms with Crippen molar-refractivity contribution in [2.24, 2.45) is 12.8 Å². The number of carbonyl (C=O) groups is 1. The summed E-state index contributed by atoms with van der Waals surface area (Å²) in [7, 11) is 1.64. The zero-order valence-corrected chi connectivity index (χ0v) is 15.6. The number of anilines is 2. The highest BCUT2D eigenvalue weighted by atomic mass is 35.5. The summed E-state index contributed by atoms with van der Waals surface area (Å²) in [4.78, 5) is 27.4. The van der Waals surface area contributed by atoms with Crippen molar-refractivity contribution in [1.29, 1.82) is 5.26 Å². The molecule has 1 atom stereocenters. The lowest BCUT2D eigenvalue weighted by molar-refractivity contribution is -0.138. The van der Waals surface area contributed by atoms with E-state index in [0.29, 0.717) is 22.4 Å². The molecule has 1 aromatic carbocycles. The predicted molar refractivity (Wildman–Crippen MR) is 105 cm³/mol.